The number of hydrogen-bond acceptors (Lipinski definition) is 7. The van der Waals surface area contributed by atoms with Gasteiger partial charge < -0.3 is 14.6 Å². The topological polar surface area (TPSA) is 87.4 Å². The predicted molar refractivity (Wildman–Crippen MR) is 107 cm³/mol. The second-order valence-corrected chi connectivity index (χ2v) is 8.71. The normalized spacial score (nSPS) is 27.1. The second-order valence-electron chi connectivity index (χ2n) is 8.71. The zero-order valence-corrected chi connectivity index (χ0v) is 17.2. The first-order chi connectivity index (χ1) is 15.0. The van der Waals surface area contributed by atoms with Crippen LogP contribution in [0.4, 0.5) is 8.78 Å². The third-order valence-corrected chi connectivity index (χ3v) is 6.63. The largest absolute Gasteiger partial charge is 0.420 e. The molecule has 3 fully saturated rings. The molecule has 3 saturated heterocycles. The molecule has 0 saturated carbocycles. The first kappa shape index (κ1) is 20.4. The lowest BCUT2D eigenvalue weighted by atomic mass is 9.95. The maximum atomic E-state index is 13.4. The number of nitrogens with zero attached hydrogens (tertiary/aromatic N) is 5. The van der Waals surface area contributed by atoms with Crippen molar-refractivity contribution in [2.24, 2.45) is 0 Å². The van der Waals surface area contributed by atoms with Crippen LogP contribution in [0.1, 0.15) is 37.5 Å². The van der Waals surface area contributed by atoms with Gasteiger partial charge in [0.1, 0.15) is 0 Å². The number of carbonyl (C=O) groups is 1. The van der Waals surface area contributed by atoms with Crippen molar-refractivity contribution in [3.05, 3.63) is 30.4 Å². The molecule has 2 atom stereocenters. The molecule has 0 aliphatic carbocycles. The van der Waals surface area contributed by atoms with E-state index < -0.39 is 12.5 Å². The SMILES string of the molecule is O=C([C@@H]1C[C@H](N2CCC(c3nnc(-c4cccnc4)o3)CC2)CN1)N1CCC(F)(F)C1. The van der Waals surface area contributed by atoms with Gasteiger partial charge in [-0.25, -0.2) is 8.78 Å². The third kappa shape index (κ3) is 4.31. The first-order valence-electron chi connectivity index (χ1n) is 10.9. The van der Waals surface area contributed by atoms with Crippen molar-refractivity contribution in [1.82, 2.24) is 30.3 Å². The van der Waals surface area contributed by atoms with Crippen molar-refractivity contribution < 1.29 is 18.0 Å². The van der Waals surface area contributed by atoms with Crippen LogP contribution in [0.15, 0.2) is 28.9 Å². The number of pyridine rings is 1. The smallest absolute Gasteiger partial charge is 0.267 e. The molecule has 2 aromatic rings. The van der Waals surface area contributed by atoms with E-state index in [1.54, 1.807) is 12.4 Å². The van der Waals surface area contributed by atoms with Gasteiger partial charge in [-0.1, -0.05) is 0 Å². The van der Waals surface area contributed by atoms with Crippen LogP contribution in [-0.2, 0) is 4.79 Å². The van der Waals surface area contributed by atoms with Crippen molar-refractivity contribution in [3.8, 4) is 11.5 Å². The summed E-state index contributed by atoms with van der Waals surface area (Å²) < 4.78 is 32.8. The Bertz CT molecular complexity index is 916. The number of carbonyl (C=O) groups excluding carboxylic acids is 1. The van der Waals surface area contributed by atoms with Gasteiger partial charge in [0.2, 0.25) is 17.7 Å². The summed E-state index contributed by atoms with van der Waals surface area (Å²) in [6.07, 6.45) is 5.64. The van der Waals surface area contributed by atoms with Gasteiger partial charge in [0.25, 0.3) is 5.92 Å². The summed E-state index contributed by atoms with van der Waals surface area (Å²) in [5, 5.41) is 11.7. The quantitative estimate of drug-likeness (QED) is 0.790. The fourth-order valence-corrected chi connectivity index (χ4v) is 4.84. The first-order valence-corrected chi connectivity index (χ1v) is 10.9. The number of aromatic nitrogens is 3. The maximum Gasteiger partial charge on any atom is 0.267 e. The van der Waals surface area contributed by atoms with E-state index in [1.807, 2.05) is 12.1 Å². The van der Waals surface area contributed by atoms with E-state index in [2.05, 4.69) is 25.4 Å². The Hall–Kier alpha value is -2.46. The number of alkyl halides is 2. The van der Waals surface area contributed by atoms with Gasteiger partial charge in [-0.05, 0) is 44.5 Å². The summed E-state index contributed by atoms with van der Waals surface area (Å²) in [7, 11) is 0. The summed E-state index contributed by atoms with van der Waals surface area (Å²) in [4.78, 5) is 20.4. The molecule has 8 nitrogen and oxygen atoms in total. The molecule has 3 aliphatic rings. The molecule has 3 aliphatic heterocycles. The molecule has 0 bridgehead atoms. The lowest BCUT2D eigenvalue weighted by molar-refractivity contribution is -0.133. The summed E-state index contributed by atoms with van der Waals surface area (Å²) in [6, 6.07) is 3.60. The Kier molecular flexibility index (Phi) is 5.43. The predicted octanol–water partition coefficient (Wildman–Crippen LogP) is 1.91. The van der Waals surface area contributed by atoms with Gasteiger partial charge in [0, 0.05) is 43.9 Å². The van der Waals surface area contributed by atoms with Crippen molar-refractivity contribution in [3.63, 3.8) is 0 Å². The second kappa shape index (κ2) is 8.23. The van der Waals surface area contributed by atoms with Gasteiger partial charge in [0.15, 0.2) is 0 Å². The van der Waals surface area contributed by atoms with E-state index in [1.165, 1.54) is 4.90 Å². The highest BCUT2D eigenvalue weighted by molar-refractivity contribution is 5.82. The highest BCUT2D eigenvalue weighted by atomic mass is 19.3. The highest BCUT2D eigenvalue weighted by Crippen LogP contribution is 2.32. The number of rotatable bonds is 4. The minimum absolute atomic E-state index is 0.144. The molecular formula is C21H26F2N6O2. The molecular weight excluding hydrogens is 406 g/mol. The summed E-state index contributed by atoms with van der Waals surface area (Å²) in [5.41, 5.74) is 0.808. The lowest BCUT2D eigenvalue weighted by Gasteiger charge is -2.34. The molecule has 0 radical (unpaired) electrons. The Morgan fingerprint density at radius 2 is 2.06 bits per heavy atom. The summed E-state index contributed by atoms with van der Waals surface area (Å²) in [5.74, 6) is -1.58. The van der Waals surface area contributed by atoms with Crippen molar-refractivity contribution in [1.29, 1.82) is 0 Å². The molecule has 0 aromatic carbocycles. The monoisotopic (exact) mass is 432 g/mol. The van der Waals surface area contributed by atoms with E-state index in [-0.39, 0.29) is 36.9 Å². The fourth-order valence-electron chi connectivity index (χ4n) is 4.84. The van der Waals surface area contributed by atoms with E-state index in [4.69, 9.17) is 4.42 Å². The average Bonchev–Trinajstić information content (AvgIpc) is 3.54. The van der Waals surface area contributed by atoms with Crippen LogP contribution in [0.3, 0.4) is 0 Å². The van der Waals surface area contributed by atoms with Crippen LogP contribution in [0.5, 0.6) is 0 Å². The van der Waals surface area contributed by atoms with Crippen molar-refractivity contribution in [2.75, 3.05) is 32.7 Å². The van der Waals surface area contributed by atoms with E-state index in [0.29, 0.717) is 24.7 Å². The molecule has 1 amide bonds. The van der Waals surface area contributed by atoms with Crippen molar-refractivity contribution >= 4 is 5.91 Å². The van der Waals surface area contributed by atoms with Crippen molar-refractivity contribution in [2.45, 2.75) is 49.6 Å². The maximum absolute atomic E-state index is 13.4. The number of hydrogen-bond donors (Lipinski definition) is 1. The minimum atomic E-state index is -2.75. The number of likely N-dealkylation sites (tertiary alicyclic amines) is 2. The van der Waals surface area contributed by atoms with Gasteiger partial charge in [-0.3, -0.25) is 14.7 Å². The number of nitrogens with one attached hydrogen (secondary N) is 1. The van der Waals surface area contributed by atoms with E-state index in [0.717, 1.165) is 31.5 Å². The molecule has 31 heavy (non-hydrogen) atoms. The van der Waals surface area contributed by atoms with Crippen LogP contribution in [0.2, 0.25) is 0 Å². The fraction of sp³-hybridized carbons (Fsp3) is 0.619. The molecule has 2 aromatic heterocycles. The van der Waals surface area contributed by atoms with Gasteiger partial charge in [-0.15, -0.1) is 10.2 Å². The van der Waals surface area contributed by atoms with Gasteiger partial charge in [0.05, 0.1) is 18.2 Å². The van der Waals surface area contributed by atoms with E-state index >= 15 is 0 Å². The molecule has 5 heterocycles. The van der Waals surface area contributed by atoms with Crippen LogP contribution in [-0.4, -0.2) is 81.6 Å². The Labute approximate surface area is 179 Å². The highest BCUT2D eigenvalue weighted by Gasteiger charge is 2.44. The molecule has 0 spiro atoms. The number of amides is 1. The molecule has 5 rings (SSSR count). The summed E-state index contributed by atoms with van der Waals surface area (Å²) in [6.45, 7) is 2.15. The number of piperidine rings is 1. The summed E-state index contributed by atoms with van der Waals surface area (Å²) >= 11 is 0. The van der Waals surface area contributed by atoms with E-state index in [9.17, 15) is 13.6 Å². The zero-order chi connectivity index (χ0) is 21.4. The Morgan fingerprint density at radius 1 is 1.23 bits per heavy atom. The van der Waals surface area contributed by atoms with Gasteiger partial charge >= 0.3 is 0 Å². The van der Waals surface area contributed by atoms with Crippen LogP contribution >= 0.6 is 0 Å². The minimum Gasteiger partial charge on any atom is -0.420 e. The van der Waals surface area contributed by atoms with Crippen LogP contribution < -0.4 is 5.32 Å². The van der Waals surface area contributed by atoms with Crippen LogP contribution in [0, 0.1) is 0 Å². The van der Waals surface area contributed by atoms with Gasteiger partial charge in [-0.2, -0.15) is 0 Å². The molecule has 1 N–H and O–H groups in total. The molecule has 0 unspecified atom stereocenters. The third-order valence-electron chi connectivity index (χ3n) is 6.63. The standard InChI is InChI=1S/C21H26F2N6O2/c22-21(23)5-9-29(13-21)20(30)17-10-16(12-25-17)28-7-3-14(4-8-28)18-26-27-19(31-18)15-2-1-6-24-11-15/h1-2,6,11,14,16-17,25H,3-5,7-10,12-13H2/t16-,17-/m0/s1. The number of halogens is 2. The lowest BCUT2D eigenvalue weighted by Crippen LogP contribution is -2.43. The Morgan fingerprint density at radius 3 is 2.77 bits per heavy atom. The van der Waals surface area contributed by atoms with Crippen LogP contribution in [0.25, 0.3) is 11.5 Å². The molecule has 166 valence electrons. The Balaban J connectivity index is 1.13. The average molecular weight is 432 g/mol. The molecule has 10 heteroatoms. The zero-order valence-electron chi connectivity index (χ0n) is 17.2.